The van der Waals surface area contributed by atoms with Crippen molar-refractivity contribution < 1.29 is 0 Å². The Balaban J connectivity index is 2.93. The van der Waals surface area contributed by atoms with E-state index in [1.165, 1.54) is 11.1 Å². The Hall–Kier alpha value is -1.24. The molecule has 0 radical (unpaired) electrons. The van der Waals surface area contributed by atoms with E-state index in [0.29, 0.717) is 0 Å². The number of hydrogen-bond donors (Lipinski definition) is 1. The molecule has 0 aromatic carbocycles. The normalized spacial score (nSPS) is 23.1. The fourth-order valence-electron chi connectivity index (χ4n) is 2.52. The lowest BCUT2D eigenvalue weighted by molar-refractivity contribution is 0.421. The Morgan fingerprint density at radius 1 is 1.47 bits per heavy atom. The standard InChI is InChI=1S/C16H25N/c1-6-8-14(3)16(12-15(4)17-5)10-7-9-13(2)11-16/h7,9-10,17H,3-4,6,8,11-12H2,1-2,5H3. The second-order valence-corrected chi connectivity index (χ2v) is 5.09. The SMILES string of the molecule is C=C(CC1(C(=C)CCC)C=CC=C(C)C1)NC. The van der Waals surface area contributed by atoms with Crippen LogP contribution in [0.2, 0.25) is 0 Å². The van der Waals surface area contributed by atoms with Gasteiger partial charge in [-0.05, 0) is 26.2 Å². The highest BCUT2D eigenvalue weighted by molar-refractivity contribution is 5.33. The van der Waals surface area contributed by atoms with Gasteiger partial charge in [0.1, 0.15) is 0 Å². The number of rotatable bonds is 6. The van der Waals surface area contributed by atoms with Gasteiger partial charge in [0.05, 0.1) is 0 Å². The molecule has 0 aromatic rings. The van der Waals surface area contributed by atoms with Crippen molar-refractivity contribution in [3.05, 3.63) is 48.2 Å². The fourth-order valence-corrected chi connectivity index (χ4v) is 2.52. The lowest BCUT2D eigenvalue weighted by atomic mass is 9.69. The molecule has 1 aliphatic rings. The molecule has 1 atom stereocenters. The van der Waals surface area contributed by atoms with Crippen LogP contribution in [0, 0.1) is 5.41 Å². The molecule has 1 N–H and O–H groups in total. The van der Waals surface area contributed by atoms with Crippen molar-refractivity contribution in [2.24, 2.45) is 5.41 Å². The fraction of sp³-hybridized carbons (Fsp3) is 0.500. The Morgan fingerprint density at radius 2 is 2.18 bits per heavy atom. The molecule has 0 saturated heterocycles. The summed E-state index contributed by atoms with van der Waals surface area (Å²) in [4.78, 5) is 0. The molecular formula is C16H25N. The van der Waals surface area contributed by atoms with Crippen molar-refractivity contribution in [2.45, 2.75) is 39.5 Å². The molecule has 94 valence electrons. The third-order valence-electron chi connectivity index (χ3n) is 3.53. The van der Waals surface area contributed by atoms with Crippen molar-refractivity contribution in [2.75, 3.05) is 7.05 Å². The van der Waals surface area contributed by atoms with E-state index >= 15 is 0 Å². The number of hydrogen-bond acceptors (Lipinski definition) is 1. The smallest absolute Gasteiger partial charge is 0.0182 e. The molecule has 0 fully saturated rings. The van der Waals surface area contributed by atoms with Crippen molar-refractivity contribution in [3.63, 3.8) is 0 Å². The van der Waals surface area contributed by atoms with Crippen LogP contribution in [0.25, 0.3) is 0 Å². The van der Waals surface area contributed by atoms with Crippen molar-refractivity contribution in [1.82, 2.24) is 5.32 Å². The molecule has 1 rings (SSSR count). The summed E-state index contributed by atoms with van der Waals surface area (Å²) in [7, 11) is 1.94. The average Bonchev–Trinajstić information content (AvgIpc) is 2.29. The van der Waals surface area contributed by atoms with Gasteiger partial charge >= 0.3 is 0 Å². The van der Waals surface area contributed by atoms with E-state index in [-0.39, 0.29) is 5.41 Å². The summed E-state index contributed by atoms with van der Waals surface area (Å²) >= 11 is 0. The van der Waals surface area contributed by atoms with Gasteiger partial charge in [0.2, 0.25) is 0 Å². The minimum absolute atomic E-state index is 0.0783. The predicted molar refractivity (Wildman–Crippen MR) is 76.8 cm³/mol. The summed E-state index contributed by atoms with van der Waals surface area (Å²) in [6.07, 6.45) is 10.9. The van der Waals surface area contributed by atoms with Gasteiger partial charge in [0.25, 0.3) is 0 Å². The first-order valence-electron chi connectivity index (χ1n) is 6.43. The van der Waals surface area contributed by atoms with E-state index in [4.69, 9.17) is 0 Å². The number of nitrogens with one attached hydrogen (secondary N) is 1. The third-order valence-corrected chi connectivity index (χ3v) is 3.53. The Kier molecular flexibility index (Phi) is 4.80. The summed E-state index contributed by atoms with van der Waals surface area (Å²) in [5.41, 5.74) is 3.92. The van der Waals surface area contributed by atoms with E-state index in [1.54, 1.807) is 0 Å². The zero-order chi connectivity index (χ0) is 12.9. The van der Waals surface area contributed by atoms with Crippen LogP contribution in [-0.4, -0.2) is 7.05 Å². The Morgan fingerprint density at radius 3 is 2.71 bits per heavy atom. The van der Waals surface area contributed by atoms with E-state index in [2.05, 4.69) is 50.6 Å². The zero-order valence-electron chi connectivity index (χ0n) is 11.5. The van der Waals surface area contributed by atoms with E-state index in [9.17, 15) is 0 Å². The molecule has 0 amide bonds. The lowest BCUT2D eigenvalue weighted by Crippen LogP contribution is -2.26. The van der Waals surface area contributed by atoms with Crippen LogP contribution >= 0.6 is 0 Å². The molecular weight excluding hydrogens is 206 g/mol. The van der Waals surface area contributed by atoms with Crippen LogP contribution in [0.1, 0.15) is 39.5 Å². The maximum atomic E-state index is 4.31. The highest BCUT2D eigenvalue weighted by Gasteiger charge is 2.32. The highest BCUT2D eigenvalue weighted by Crippen LogP contribution is 2.44. The Labute approximate surface area is 106 Å². The quantitative estimate of drug-likeness (QED) is 0.670. The topological polar surface area (TPSA) is 12.0 Å². The third kappa shape index (κ3) is 3.36. The van der Waals surface area contributed by atoms with Crippen LogP contribution in [0.3, 0.4) is 0 Å². The maximum Gasteiger partial charge on any atom is 0.0182 e. The highest BCUT2D eigenvalue weighted by atomic mass is 14.8. The van der Waals surface area contributed by atoms with Crippen LogP contribution in [-0.2, 0) is 0 Å². The van der Waals surface area contributed by atoms with Crippen molar-refractivity contribution in [3.8, 4) is 0 Å². The molecule has 1 nitrogen and oxygen atoms in total. The van der Waals surface area contributed by atoms with Crippen LogP contribution in [0.4, 0.5) is 0 Å². The van der Waals surface area contributed by atoms with Crippen molar-refractivity contribution >= 4 is 0 Å². The van der Waals surface area contributed by atoms with E-state index in [1.807, 2.05) is 7.05 Å². The molecule has 0 saturated carbocycles. The van der Waals surface area contributed by atoms with Gasteiger partial charge in [0.15, 0.2) is 0 Å². The van der Waals surface area contributed by atoms with Gasteiger partial charge < -0.3 is 5.32 Å². The van der Waals surface area contributed by atoms with Crippen LogP contribution in [0.15, 0.2) is 48.2 Å². The molecule has 0 aromatic heterocycles. The maximum absolute atomic E-state index is 4.31. The second-order valence-electron chi connectivity index (χ2n) is 5.09. The molecule has 1 aliphatic carbocycles. The summed E-state index contributed by atoms with van der Waals surface area (Å²) in [5.74, 6) is 0. The predicted octanol–water partition coefficient (Wildman–Crippen LogP) is 4.36. The average molecular weight is 231 g/mol. The molecule has 0 bridgehead atoms. The van der Waals surface area contributed by atoms with E-state index in [0.717, 1.165) is 31.4 Å². The summed E-state index contributed by atoms with van der Waals surface area (Å²) in [6.45, 7) is 12.8. The van der Waals surface area contributed by atoms with Crippen LogP contribution in [0.5, 0.6) is 0 Å². The molecule has 0 heterocycles. The minimum Gasteiger partial charge on any atom is -0.392 e. The second kappa shape index (κ2) is 5.90. The first-order valence-corrected chi connectivity index (χ1v) is 6.43. The molecule has 1 unspecified atom stereocenters. The number of allylic oxidation sites excluding steroid dienone is 6. The first kappa shape index (κ1) is 13.8. The van der Waals surface area contributed by atoms with Gasteiger partial charge in [-0.3, -0.25) is 0 Å². The molecule has 1 heteroatoms. The molecule has 0 spiro atoms. The van der Waals surface area contributed by atoms with Gasteiger partial charge in [-0.15, -0.1) is 0 Å². The van der Waals surface area contributed by atoms with Gasteiger partial charge in [-0.1, -0.05) is 55.9 Å². The monoisotopic (exact) mass is 231 g/mol. The van der Waals surface area contributed by atoms with Gasteiger partial charge in [-0.25, -0.2) is 0 Å². The Bertz CT molecular complexity index is 360. The zero-order valence-corrected chi connectivity index (χ0v) is 11.5. The largest absolute Gasteiger partial charge is 0.392 e. The molecule has 17 heavy (non-hydrogen) atoms. The minimum atomic E-state index is 0.0783. The lowest BCUT2D eigenvalue weighted by Gasteiger charge is -2.36. The van der Waals surface area contributed by atoms with Gasteiger partial charge in [0, 0.05) is 18.2 Å². The van der Waals surface area contributed by atoms with Crippen LogP contribution < -0.4 is 5.32 Å². The van der Waals surface area contributed by atoms with Gasteiger partial charge in [-0.2, -0.15) is 0 Å². The summed E-state index contributed by atoms with van der Waals surface area (Å²) in [5, 5.41) is 3.16. The summed E-state index contributed by atoms with van der Waals surface area (Å²) < 4.78 is 0. The van der Waals surface area contributed by atoms with E-state index < -0.39 is 0 Å². The summed E-state index contributed by atoms with van der Waals surface area (Å²) in [6, 6.07) is 0. The first-order chi connectivity index (χ1) is 8.04. The van der Waals surface area contributed by atoms with Crippen molar-refractivity contribution in [1.29, 1.82) is 0 Å². The molecule has 0 aliphatic heterocycles.